The number of hydrogen-bond acceptors (Lipinski definition) is 2. The lowest BCUT2D eigenvalue weighted by Gasteiger charge is -2.11. The molecule has 0 aliphatic carbocycles. The Hall–Kier alpha value is -1.77. The van der Waals surface area contributed by atoms with Crippen molar-refractivity contribution in [1.82, 2.24) is 0 Å². The Kier molecular flexibility index (Phi) is 4.95. The summed E-state index contributed by atoms with van der Waals surface area (Å²) in [5, 5.41) is 0. The Morgan fingerprint density at radius 1 is 1.39 bits per heavy atom. The normalized spacial score (nSPS) is 10.4. The summed E-state index contributed by atoms with van der Waals surface area (Å²) in [4.78, 5) is 11.3. The second-order valence-corrected chi connectivity index (χ2v) is 4.88. The van der Waals surface area contributed by atoms with E-state index in [4.69, 9.17) is 10.5 Å². The zero-order chi connectivity index (χ0) is 13.7. The molecular weight excluding hydrogens is 226 g/mol. The third-order valence-electron chi connectivity index (χ3n) is 2.68. The number of allylic oxidation sites excluding steroid dienone is 1. The van der Waals surface area contributed by atoms with Crippen molar-refractivity contribution < 1.29 is 9.53 Å². The molecule has 0 aromatic heterocycles. The number of carbonyl (C=O) groups excluding carboxylic acids is 1. The molecule has 2 N–H and O–H groups in total. The van der Waals surface area contributed by atoms with E-state index in [0.717, 1.165) is 23.3 Å². The average molecular weight is 247 g/mol. The van der Waals surface area contributed by atoms with Crippen LogP contribution in [0.15, 0.2) is 24.8 Å². The van der Waals surface area contributed by atoms with E-state index in [1.807, 2.05) is 13.0 Å². The summed E-state index contributed by atoms with van der Waals surface area (Å²) < 4.78 is 5.65. The van der Waals surface area contributed by atoms with Crippen LogP contribution in [0.1, 0.15) is 43.1 Å². The molecule has 0 atom stereocenters. The van der Waals surface area contributed by atoms with Gasteiger partial charge in [-0.3, -0.25) is 4.79 Å². The zero-order valence-electron chi connectivity index (χ0n) is 11.3. The van der Waals surface area contributed by atoms with Gasteiger partial charge in [0.2, 0.25) is 5.91 Å². The van der Waals surface area contributed by atoms with Gasteiger partial charge in [0.05, 0.1) is 6.61 Å². The summed E-state index contributed by atoms with van der Waals surface area (Å²) in [5.41, 5.74) is 7.36. The molecular formula is C15H21NO2. The summed E-state index contributed by atoms with van der Waals surface area (Å²) >= 11 is 0. The monoisotopic (exact) mass is 247 g/mol. The molecule has 0 fully saturated rings. The van der Waals surface area contributed by atoms with Gasteiger partial charge >= 0.3 is 0 Å². The molecule has 0 spiro atoms. The van der Waals surface area contributed by atoms with Crippen molar-refractivity contribution in [2.45, 2.75) is 27.2 Å². The van der Waals surface area contributed by atoms with E-state index in [2.05, 4.69) is 20.4 Å². The fourth-order valence-corrected chi connectivity index (χ4v) is 1.59. The third kappa shape index (κ3) is 3.91. The Morgan fingerprint density at radius 3 is 2.56 bits per heavy atom. The molecule has 0 aliphatic heterocycles. The SMILES string of the molecule is C=C(C)c1cc(OCCC(C)C)ccc1C(N)=O. The van der Waals surface area contributed by atoms with Crippen LogP contribution in [0.3, 0.4) is 0 Å². The van der Waals surface area contributed by atoms with Crippen molar-refractivity contribution in [2.75, 3.05) is 6.61 Å². The summed E-state index contributed by atoms with van der Waals surface area (Å²) in [6, 6.07) is 5.28. The van der Waals surface area contributed by atoms with Gasteiger partial charge in [0.15, 0.2) is 0 Å². The zero-order valence-corrected chi connectivity index (χ0v) is 11.3. The summed E-state index contributed by atoms with van der Waals surface area (Å²) in [6.07, 6.45) is 1.000. The van der Waals surface area contributed by atoms with Crippen LogP contribution in [0.5, 0.6) is 5.75 Å². The Bertz CT molecular complexity index is 450. The number of amides is 1. The molecule has 3 nitrogen and oxygen atoms in total. The standard InChI is InChI=1S/C15H21NO2/c1-10(2)7-8-18-12-5-6-13(15(16)17)14(9-12)11(3)4/h5-6,9-10H,3,7-8H2,1-2,4H3,(H2,16,17). The minimum absolute atomic E-state index is 0.443. The maximum Gasteiger partial charge on any atom is 0.249 e. The van der Waals surface area contributed by atoms with Gasteiger partial charge in [-0.15, -0.1) is 0 Å². The molecule has 0 unspecified atom stereocenters. The van der Waals surface area contributed by atoms with Crippen LogP contribution in [-0.4, -0.2) is 12.5 Å². The van der Waals surface area contributed by atoms with Crippen molar-refractivity contribution in [2.24, 2.45) is 11.7 Å². The van der Waals surface area contributed by atoms with Crippen molar-refractivity contribution >= 4 is 11.5 Å². The van der Waals surface area contributed by atoms with E-state index >= 15 is 0 Å². The minimum atomic E-state index is -0.443. The molecule has 1 rings (SSSR count). The molecule has 18 heavy (non-hydrogen) atoms. The number of carbonyl (C=O) groups is 1. The number of rotatable bonds is 6. The van der Waals surface area contributed by atoms with Crippen LogP contribution in [-0.2, 0) is 0 Å². The van der Waals surface area contributed by atoms with Gasteiger partial charge in [-0.05, 0) is 43.0 Å². The van der Waals surface area contributed by atoms with Crippen LogP contribution in [0, 0.1) is 5.92 Å². The van der Waals surface area contributed by atoms with E-state index in [1.165, 1.54) is 0 Å². The van der Waals surface area contributed by atoms with Gasteiger partial charge < -0.3 is 10.5 Å². The first kappa shape index (κ1) is 14.3. The maximum absolute atomic E-state index is 11.3. The van der Waals surface area contributed by atoms with Gasteiger partial charge in [-0.1, -0.05) is 26.0 Å². The molecule has 3 heteroatoms. The van der Waals surface area contributed by atoms with E-state index in [1.54, 1.807) is 12.1 Å². The summed E-state index contributed by atoms with van der Waals surface area (Å²) in [6.45, 7) is 10.7. The number of primary amides is 1. The largest absolute Gasteiger partial charge is 0.494 e. The van der Waals surface area contributed by atoms with Gasteiger partial charge in [-0.2, -0.15) is 0 Å². The number of hydrogen-bond donors (Lipinski definition) is 1. The summed E-state index contributed by atoms with van der Waals surface area (Å²) in [5.74, 6) is 0.913. The first-order valence-electron chi connectivity index (χ1n) is 6.14. The second-order valence-electron chi connectivity index (χ2n) is 4.88. The number of ether oxygens (including phenoxy) is 1. The maximum atomic E-state index is 11.3. The molecule has 1 aromatic carbocycles. The molecule has 1 amide bonds. The molecule has 0 saturated heterocycles. The van der Waals surface area contributed by atoms with E-state index in [9.17, 15) is 4.79 Å². The van der Waals surface area contributed by atoms with Crippen LogP contribution in [0.25, 0.3) is 5.57 Å². The fourth-order valence-electron chi connectivity index (χ4n) is 1.59. The molecule has 1 aromatic rings. The van der Waals surface area contributed by atoms with Crippen LogP contribution in [0.4, 0.5) is 0 Å². The second kappa shape index (κ2) is 6.24. The molecule has 98 valence electrons. The van der Waals surface area contributed by atoms with E-state index in [0.29, 0.717) is 18.1 Å². The highest BCUT2D eigenvalue weighted by molar-refractivity contribution is 5.98. The van der Waals surface area contributed by atoms with E-state index < -0.39 is 5.91 Å². The van der Waals surface area contributed by atoms with Crippen LogP contribution in [0.2, 0.25) is 0 Å². The lowest BCUT2D eigenvalue weighted by molar-refractivity contribution is 0.1000. The van der Waals surface area contributed by atoms with Crippen LogP contribution >= 0.6 is 0 Å². The topological polar surface area (TPSA) is 52.3 Å². The Balaban J connectivity index is 2.87. The smallest absolute Gasteiger partial charge is 0.249 e. The van der Waals surface area contributed by atoms with Gasteiger partial charge in [0, 0.05) is 5.56 Å². The average Bonchev–Trinajstić information content (AvgIpc) is 2.28. The van der Waals surface area contributed by atoms with Gasteiger partial charge in [0.1, 0.15) is 5.75 Å². The highest BCUT2D eigenvalue weighted by Crippen LogP contribution is 2.23. The predicted molar refractivity (Wildman–Crippen MR) is 74.6 cm³/mol. The Labute approximate surface area is 109 Å². The Morgan fingerprint density at radius 2 is 2.06 bits per heavy atom. The minimum Gasteiger partial charge on any atom is -0.494 e. The van der Waals surface area contributed by atoms with Crippen molar-refractivity contribution in [3.05, 3.63) is 35.9 Å². The van der Waals surface area contributed by atoms with E-state index in [-0.39, 0.29) is 0 Å². The molecule has 0 saturated carbocycles. The molecule has 0 heterocycles. The fraction of sp³-hybridized carbons (Fsp3) is 0.400. The van der Waals surface area contributed by atoms with Gasteiger partial charge in [-0.25, -0.2) is 0 Å². The third-order valence-corrected chi connectivity index (χ3v) is 2.68. The quantitative estimate of drug-likeness (QED) is 0.839. The molecule has 0 radical (unpaired) electrons. The first-order chi connectivity index (χ1) is 8.41. The number of benzene rings is 1. The summed E-state index contributed by atoms with van der Waals surface area (Å²) in [7, 11) is 0. The molecule has 0 bridgehead atoms. The number of nitrogens with two attached hydrogens (primary N) is 1. The van der Waals surface area contributed by atoms with Crippen LogP contribution < -0.4 is 10.5 Å². The highest BCUT2D eigenvalue weighted by atomic mass is 16.5. The van der Waals surface area contributed by atoms with Crippen molar-refractivity contribution in [3.63, 3.8) is 0 Å². The van der Waals surface area contributed by atoms with Gasteiger partial charge in [0.25, 0.3) is 0 Å². The predicted octanol–water partition coefficient (Wildman–Crippen LogP) is 3.24. The molecule has 0 aliphatic rings. The first-order valence-corrected chi connectivity index (χ1v) is 6.14. The highest BCUT2D eigenvalue weighted by Gasteiger charge is 2.10. The lowest BCUT2D eigenvalue weighted by atomic mass is 10.0. The van der Waals surface area contributed by atoms with Crippen molar-refractivity contribution in [1.29, 1.82) is 0 Å². The van der Waals surface area contributed by atoms with Crippen molar-refractivity contribution in [3.8, 4) is 5.75 Å². The lowest BCUT2D eigenvalue weighted by Crippen LogP contribution is -2.13.